The van der Waals surface area contributed by atoms with Gasteiger partial charge in [-0.2, -0.15) is 0 Å². The van der Waals surface area contributed by atoms with Crippen LogP contribution in [0.4, 0.5) is 4.79 Å². The first kappa shape index (κ1) is 19.9. The minimum absolute atomic E-state index is 0.0735. The number of amides is 3. The number of carbonyl (C=O) groups is 2. The van der Waals surface area contributed by atoms with Crippen molar-refractivity contribution in [3.8, 4) is 5.75 Å². The Labute approximate surface area is 168 Å². The van der Waals surface area contributed by atoms with Gasteiger partial charge in [0.25, 0.3) is 0 Å². The first-order valence-electron chi connectivity index (χ1n) is 9.16. The summed E-state index contributed by atoms with van der Waals surface area (Å²) in [5.74, 6) is 0.655. The topological polar surface area (TPSA) is 88.8 Å². The van der Waals surface area contributed by atoms with Crippen molar-refractivity contribution in [3.05, 3.63) is 52.0 Å². The predicted octanol–water partition coefficient (Wildman–Crippen LogP) is 2.66. The van der Waals surface area contributed by atoms with Crippen LogP contribution in [0.2, 0.25) is 0 Å². The lowest BCUT2D eigenvalue weighted by Gasteiger charge is -2.19. The molecule has 2 aromatic rings. The van der Waals surface area contributed by atoms with Crippen molar-refractivity contribution >= 4 is 29.4 Å². The van der Waals surface area contributed by atoms with Gasteiger partial charge in [0, 0.05) is 37.6 Å². The van der Waals surface area contributed by atoms with Gasteiger partial charge >= 0.3 is 6.03 Å². The highest BCUT2D eigenvalue weighted by Crippen LogP contribution is 2.17. The second-order valence-corrected chi connectivity index (χ2v) is 7.62. The molecule has 0 saturated carbocycles. The van der Waals surface area contributed by atoms with Gasteiger partial charge < -0.3 is 20.3 Å². The molecule has 1 aromatic heterocycles. The molecule has 8 heteroatoms. The molecule has 0 spiro atoms. The maximum absolute atomic E-state index is 12.5. The number of rotatable bonds is 5. The lowest BCUT2D eigenvalue weighted by Crippen LogP contribution is -2.39. The minimum atomic E-state index is -0.436. The summed E-state index contributed by atoms with van der Waals surface area (Å²) in [7, 11) is 0. The average Bonchev–Trinajstić information content (AvgIpc) is 2.94. The number of carbonyl (C=O) groups excluding carboxylic acids is 2. The monoisotopic (exact) mass is 400 g/mol. The third-order valence-electron chi connectivity index (χ3n) is 4.45. The highest BCUT2D eigenvalue weighted by Gasteiger charge is 2.19. The van der Waals surface area contributed by atoms with Crippen molar-refractivity contribution in [1.82, 2.24) is 14.8 Å². The largest absolute Gasteiger partial charge is 0.487 e. The number of aromatic nitrogens is 1. The first-order chi connectivity index (χ1) is 13.5. The van der Waals surface area contributed by atoms with E-state index in [1.54, 1.807) is 33.3 Å². The lowest BCUT2D eigenvalue weighted by atomic mass is 10.2. The highest BCUT2D eigenvalue weighted by molar-refractivity contribution is 7.09. The van der Waals surface area contributed by atoms with E-state index in [9.17, 15) is 9.59 Å². The summed E-state index contributed by atoms with van der Waals surface area (Å²) in [5, 5.41) is 3.00. The van der Waals surface area contributed by atoms with Crippen LogP contribution in [-0.4, -0.2) is 52.9 Å². The maximum atomic E-state index is 12.5. The van der Waals surface area contributed by atoms with E-state index in [2.05, 4.69) is 4.98 Å². The number of ether oxygens (including phenoxy) is 1. The van der Waals surface area contributed by atoms with E-state index in [0.717, 1.165) is 28.4 Å². The molecule has 1 aromatic carbocycles. The van der Waals surface area contributed by atoms with Gasteiger partial charge in [0.1, 0.15) is 12.4 Å². The zero-order valence-corrected chi connectivity index (χ0v) is 16.7. The molecule has 148 valence electrons. The Kier molecular flexibility index (Phi) is 6.65. The van der Waals surface area contributed by atoms with Gasteiger partial charge in [-0.1, -0.05) is 12.1 Å². The number of primary amides is 1. The fourth-order valence-electron chi connectivity index (χ4n) is 2.97. The Morgan fingerprint density at radius 2 is 2.04 bits per heavy atom. The van der Waals surface area contributed by atoms with Gasteiger partial charge in [-0.05, 0) is 37.1 Å². The SMILES string of the molecule is Cc1nc(COc2cccc(/C=C/C(=O)N3CCCN(C(N)=O)CC3)c2)cs1. The summed E-state index contributed by atoms with van der Waals surface area (Å²) in [5.41, 5.74) is 7.11. The number of hydrogen-bond acceptors (Lipinski definition) is 5. The Balaban J connectivity index is 1.56. The standard InChI is InChI=1S/C20H24N4O3S/c1-15-22-17(14-28-15)13-27-18-5-2-4-16(12-18)6-7-19(25)23-8-3-9-24(11-10-23)20(21)26/h2,4-7,12,14H,3,8-11,13H2,1H3,(H2,21,26)/b7-6+. The summed E-state index contributed by atoms with van der Waals surface area (Å²) in [6.45, 7) is 4.54. The van der Waals surface area contributed by atoms with Crippen LogP contribution in [0.5, 0.6) is 5.75 Å². The van der Waals surface area contributed by atoms with E-state index >= 15 is 0 Å². The van der Waals surface area contributed by atoms with Crippen LogP contribution >= 0.6 is 11.3 Å². The molecule has 3 rings (SSSR count). The molecule has 1 aliphatic rings. The average molecular weight is 401 g/mol. The van der Waals surface area contributed by atoms with Crippen molar-refractivity contribution in [1.29, 1.82) is 0 Å². The summed E-state index contributed by atoms with van der Waals surface area (Å²) in [4.78, 5) is 31.4. The maximum Gasteiger partial charge on any atom is 0.314 e. The molecule has 1 aliphatic heterocycles. The first-order valence-corrected chi connectivity index (χ1v) is 10.0. The molecule has 1 fully saturated rings. The molecular formula is C20H24N4O3S. The summed E-state index contributed by atoms with van der Waals surface area (Å²) in [6.07, 6.45) is 4.06. The van der Waals surface area contributed by atoms with Gasteiger partial charge in [-0.25, -0.2) is 9.78 Å². The molecule has 0 radical (unpaired) electrons. The summed E-state index contributed by atoms with van der Waals surface area (Å²) < 4.78 is 5.79. The number of urea groups is 1. The van der Waals surface area contributed by atoms with Crippen LogP contribution in [0.1, 0.15) is 22.7 Å². The van der Waals surface area contributed by atoms with Crippen molar-refractivity contribution in [2.45, 2.75) is 20.0 Å². The normalized spacial score (nSPS) is 14.9. The second-order valence-electron chi connectivity index (χ2n) is 6.56. The summed E-state index contributed by atoms with van der Waals surface area (Å²) >= 11 is 1.60. The van der Waals surface area contributed by atoms with E-state index < -0.39 is 6.03 Å². The zero-order chi connectivity index (χ0) is 19.9. The van der Waals surface area contributed by atoms with Crippen molar-refractivity contribution in [2.24, 2.45) is 5.73 Å². The Bertz CT molecular complexity index is 865. The molecule has 0 atom stereocenters. The molecular weight excluding hydrogens is 376 g/mol. The predicted molar refractivity (Wildman–Crippen MR) is 109 cm³/mol. The van der Waals surface area contributed by atoms with Crippen LogP contribution in [-0.2, 0) is 11.4 Å². The van der Waals surface area contributed by atoms with Crippen molar-refractivity contribution in [3.63, 3.8) is 0 Å². The van der Waals surface area contributed by atoms with E-state index in [1.807, 2.05) is 36.6 Å². The van der Waals surface area contributed by atoms with E-state index in [1.165, 1.54) is 0 Å². The molecule has 28 heavy (non-hydrogen) atoms. The third kappa shape index (κ3) is 5.56. The number of aryl methyl sites for hydroxylation is 1. The Morgan fingerprint density at radius 3 is 2.79 bits per heavy atom. The zero-order valence-electron chi connectivity index (χ0n) is 15.8. The van der Waals surface area contributed by atoms with Crippen LogP contribution in [0, 0.1) is 6.92 Å². The smallest absolute Gasteiger partial charge is 0.314 e. The lowest BCUT2D eigenvalue weighted by molar-refractivity contribution is -0.125. The van der Waals surface area contributed by atoms with Gasteiger partial charge in [-0.3, -0.25) is 4.79 Å². The van der Waals surface area contributed by atoms with E-state index in [4.69, 9.17) is 10.5 Å². The number of nitrogens with zero attached hydrogens (tertiary/aromatic N) is 3. The van der Waals surface area contributed by atoms with Crippen LogP contribution < -0.4 is 10.5 Å². The van der Waals surface area contributed by atoms with Crippen molar-refractivity contribution in [2.75, 3.05) is 26.2 Å². The fraction of sp³-hybridized carbons (Fsp3) is 0.350. The number of hydrogen-bond donors (Lipinski definition) is 1. The van der Waals surface area contributed by atoms with Crippen LogP contribution in [0.25, 0.3) is 6.08 Å². The van der Waals surface area contributed by atoms with Gasteiger partial charge in [0.05, 0.1) is 10.7 Å². The minimum Gasteiger partial charge on any atom is -0.487 e. The van der Waals surface area contributed by atoms with Crippen LogP contribution in [0.3, 0.4) is 0 Å². The molecule has 0 bridgehead atoms. The second kappa shape index (κ2) is 9.36. The third-order valence-corrected chi connectivity index (χ3v) is 5.27. The highest BCUT2D eigenvalue weighted by atomic mass is 32.1. The van der Waals surface area contributed by atoms with E-state index in [-0.39, 0.29) is 5.91 Å². The molecule has 2 N–H and O–H groups in total. The summed E-state index contributed by atoms with van der Waals surface area (Å²) in [6, 6.07) is 7.14. The Morgan fingerprint density at radius 1 is 1.25 bits per heavy atom. The quantitative estimate of drug-likeness (QED) is 0.782. The number of nitrogens with two attached hydrogens (primary N) is 1. The van der Waals surface area contributed by atoms with Gasteiger partial charge in [-0.15, -0.1) is 11.3 Å². The molecule has 1 saturated heterocycles. The molecule has 0 aliphatic carbocycles. The van der Waals surface area contributed by atoms with Crippen molar-refractivity contribution < 1.29 is 14.3 Å². The Hall–Kier alpha value is -2.87. The van der Waals surface area contributed by atoms with E-state index in [0.29, 0.717) is 32.8 Å². The van der Waals surface area contributed by atoms with Gasteiger partial charge in [0.2, 0.25) is 5.91 Å². The molecule has 0 unspecified atom stereocenters. The molecule has 2 heterocycles. The molecule has 3 amide bonds. The fourth-order valence-corrected chi connectivity index (χ4v) is 3.57. The van der Waals surface area contributed by atoms with Gasteiger partial charge in [0.15, 0.2) is 0 Å². The van der Waals surface area contributed by atoms with Crippen LogP contribution in [0.15, 0.2) is 35.7 Å². The molecule has 7 nitrogen and oxygen atoms in total. The number of thiazole rings is 1. The number of benzene rings is 1.